The summed E-state index contributed by atoms with van der Waals surface area (Å²) >= 11 is 9.47. The summed E-state index contributed by atoms with van der Waals surface area (Å²) < 4.78 is 5.83. The third-order valence-corrected chi connectivity index (χ3v) is 4.45. The molecule has 0 bridgehead atoms. The van der Waals surface area contributed by atoms with Crippen molar-refractivity contribution in [2.24, 2.45) is 0 Å². The molecule has 2 aromatic carbocycles. The lowest BCUT2D eigenvalue weighted by atomic mass is 10.1. The van der Waals surface area contributed by atoms with Crippen LogP contribution in [-0.2, 0) is 16.0 Å². The van der Waals surface area contributed by atoms with Gasteiger partial charge in [-0.15, -0.1) is 0 Å². The van der Waals surface area contributed by atoms with Gasteiger partial charge in [-0.3, -0.25) is 4.79 Å². The number of hydrogen-bond acceptors (Lipinski definition) is 4. The van der Waals surface area contributed by atoms with E-state index in [9.17, 15) is 4.79 Å². The molecule has 0 aliphatic rings. The van der Waals surface area contributed by atoms with Gasteiger partial charge >= 0.3 is 5.97 Å². The van der Waals surface area contributed by atoms with Gasteiger partial charge < -0.3 is 15.4 Å². The first-order valence-electron chi connectivity index (χ1n) is 7.64. The number of anilines is 1. The second-order valence-corrected chi connectivity index (χ2v) is 6.56. The number of halogens is 2. The van der Waals surface area contributed by atoms with Crippen LogP contribution >= 0.6 is 27.5 Å². The largest absolute Gasteiger partial charge is 0.468 e. The molecule has 0 aromatic heterocycles. The number of hydrogen-bond donors (Lipinski definition) is 2. The van der Waals surface area contributed by atoms with E-state index >= 15 is 0 Å². The van der Waals surface area contributed by atoms with Gasteiger partial charge in [-0.2, -0.15) is 0 Å². The molecule has 0 fully saturated rings. The molecule has 0 saturated carbocycles. The fourth-order valence-electron chi connectivity index (χ4n) is 2.31. The number of benzene rings is 2. The Labute approximate surface area is 155 Å². The van der Waals surface area contributed by atoms with E-state index in [2.05, 4.69) is 26.6 Å². The minimum atomic E-state index is -0.373. The summed E-state index contributed by atoms with van der Waals surface area (Å²) in [5.74, 6) is -0.261. The Morgan fingerprint density at radius 1 is 1.21 bits per heavy atom. The minimum Gasteiger partial charge on any atom is -0.468 e. The summed E-state index contributed by atoms with van der Waals surface area (Å²) in [6.07, 6.45) is 0.592. The monoisotopic (exact) mass is 410 g/mol. The van der Waals surface area contributed by atoms with Gasteiger partial charge in [-0.25, -0.2) is 0 Å². The fraction of sp³-hybridized carbons (Fsp3) is 0.278. The summed E-state index contributed by atoms with van der Waals surface area (Å²) in [4.78, 5) is 11.9. The van der Waals surface area contributed by atoms with E-state index in [-0.39, 0.29) is 12.0 Å². The lowest BCUT2D eigenvalue weighted by Gasteiger charge is -2.17. The van der Waals surface area contributed by atoms with Crippen LogP contribution in [-0.4, -0.2) is 32.2 Å². The van der Waals surface area contributed by atoms with Crippen LogP contribution < -0.4 is 10.6 Å². The third-order valence-electron chi connectivity index (χ3n) is 3.53. The van der Waals surface area contributed by atoms with Crippen molar-refractivity contribution in [1.29, 1.82) is 0 Å². The van der Waals surface area contributed by atoms with Gasteiger partial charge in [0.05, 0.1) is 7.11 Å². The Balaban J connectivity index is 1.86. The molecule has 0 aliphatic heterocycles. The fourth-order valence-corrected chi connectivity index (χ4v) is 2.87. The minimum absolute atomic E-state index is 0.261. The molecule has 0 aliphatic carbocycles. The SMILES string of the molecule is COC(=O)[C@H](Cc1ccccc1)NCCNc1cc(Cl)ccc1Br. The van der Waals surface area contributed by atoms with Crippen LogP contribution in [0, 0.1) is 0 Å². The molecular weight excluding hydrogens is 392 g/mol. The van der Waals surface area contributed by atoms with Crippen LogP contribution in [0.4, 0.5) is 5.69 Å². The van der Waals surface area contributed by atoms with Crippen molar-refractivity contribution in [2.75, 3.05) is 25.5 Å². The highest BCUT2D eigenvalue weighted by atomic mass is 79.9. The Morgan fingerprint density at radius 2 is 1.96 bits per heavy atom. The molecule has 0 heterocycles. The second-order valence-electron chi connectivity index (χ2n) is 5.27. The number of ether oxygens (including phenoxy) is 1. The molecule has 6 heteroatoms. The van der Waals surface area contributed by atoms with E-state index in [0.29, 0.717) is 24.5 Å². The maximum atomic E-state index is 11.9. The van der Waals surface area contributed by atoms with Crippen molar-refractivity contribution in [3.63, 3.8) is 0 Å². The third kappa shape index (κ3) is 5.82. The standard InChI is InChI=1S/C18H20BrClN2O2/c1-24-18(23)17(11-13-5-3-2-4-6-13)22-10-9-21-16-12-14(20)7-8-15(16)19/h2-8,12,17,21-22H,9-11H2,1H3/t17-/m0/s1. The molecule has 128 valence electrons. The van der Waals surface area contributed by atoms with E-state index in [0.717, 1.165) is 15.7 Å². The quantitative estimate of drug-likeness (QED) is 0.511. The van der Waals surface area contributed by atoms with Crippen LogP contribution in [0.2, 0.25) is 5.02 Å². The summed E-state index contributed by atoms with van der Waals surface area (Å²) in [5.41, 5.74) is 2.01. The maximum absolute atomic E-state index is 11.9. The van der Waals surface area contributed by atoms with E-state index in [1.54, 1.807) is 0 Å². The Kier molecular flexibility index (Phi) is 7.56. The average Bonchev–Trinajstić information content (AvgIpc) is 2.60. The highest BCUT2D eigenvalue weighted by Gasteiger charge is 2.18. The number of methoxy groups -OCH3 is 1. The topological polar surface area (TPSA) is 50.4 Å². The van der Waals surface area contributed by atoms with Crippen LogP contribution in [0.3, 0.4) is 0 Å². The highest BCUT2D eigenvalue weighted by Crippen LogP contribution is 2.25. The van der Waals surface area contributed by atoms with E-state index in [4.69, 9.17) is 16.3 Å². The normalized spacial score (nSPS) is 11.8. The van der Waals surface area contributed by atoms with Gasteiger partial charge in [-0.05, 0) is 46.1 Å². The van der Waals surface area contributed by atoms with E-state index in [1.807, 2.05) is 48.5 Å². The van der Waals surface area contributed by atoms with Crippen LogP contribution in [0.5, 0.6) is 0 Å². The molecular formula is C18H20BrClN2O2. The van der Waals surface area contributed by atoms with Crippen LogP contribution in [0.15, 0.2) is 53.0 Å². The van der Waals surface area contributed by atoms with Gasteiger partial charge in [0.2, 0.25) is 0 Å². The van der Waals surface area contributed by atoms with Gasteiger partial charge in [0.25, 0.3) is 0 Å². The molecule has 2 aromatic rings. The van der Waals surface area contributed by atoms with Gasteiger partial charge in [-0.1, -0.05) is 41.9 Å². The predicted molar refractivity (Wildman–Crippen MR) is 102 cm³/mol. The zero-order valence-corrected chi connectivity index (χ0v) is 15.7. The smallest absolute Gasteiger partial charge is 0.323 e. The van der Waals surface area contributed by atoms with Crippen molar-refractivity contribution >= 4 is 39.2 Å². The molecule has 0 radical (unpaired) electrons. The zero-order chi connectivity index (χ0) is 17.4. The highest BCUT2D eigenvalue weighted by molar-refractivity contribution is 9.10. The van der Waals surface area contributed by atoms with Crippen molar-refractivity contribution in [1.82, 2.24) is 5.32 Å². The first-order valence-corrected chi connectivity index (χ1v) is 8.81. The van der Waals surface area contributed by atoms with Crippen molar-refractivity contribution in [3.8, 4) is 0 Å². The lowest BCUT2D eigenvalue weighted by molar-refractivity contribution is -0.143. The Bertz CT molecular complexity index is 667. The first kappa shape index (κ1) is 18.8. The van der Waals surface area contributed by atoms with Crippen molar-refractivity contribution in [2.45, 2.75) is 12.5 Å². The van der Waals surface area contributed by atoms with Gasteiger partial charge in [0.15, 0.2) is 0 Å². The average molecular weight is 412 g/mol. The summed E-state index contributed by atoms with van der Waals surface area (Å²) in [6.45, 7) is 1.27. The van der Waals surface area contributed by atoms with E-state index < -0.39 is 0 Å². The Hall–Kier alpha value is -1.56. The number of carbonyl (C=O) groups is 1. The van der Waals surface area contributed by atoms with Crippen LogP contribution in [0.1, 0.15) is 5.56 Å². The number of nitrogens with one attached hydrogen (secondary N) is 2. The molecule has 4 nitrogen and oxygen atoms in total. The maximum Gasteiger partial charge on any atom is 0.323 e. The molecule has 0 amide bonds. The predicted octanol–water partition coefficient (Wildman–Crippen LogP) is 3.89. The van der Waals surface area contributed by atoms with E-state index in [1.165, 1.54) is 7.11 Å². The molecule has 0 saturated heterocycles. The molecule has 2 rings (SSSR count). The summed E-state index contributed by atoms with van der Waals surface area (Å²) in [6, 6.07) is 15.1. The van der Waals surface area contributed by atoms with Gasteiger partial charge in [0.1, 0.15) is 6.04 Å². The van der Waals surface area contributed by atoms with Crippen molar-refractivity contribution in [3.05, 3.63) is 63.6 Å². The second kappa shape index (κ2) is 9.67. The number of rotatable bonds is 8. The first-order chi connectivity index (χ1) is 11.6. The summed E-state index contributed by atoms with van der Waals surface area (Å²) in [7, 11) is 1.41. The lowest BCUT2D eigenvalue weighted by Crippen LogP contribution is -2.41. The molecule has 0 spiro atoms. The molecule has 1 atom stereocenters. The number of carbonyl (C=O) groups excluding carboxylic acids is 1. The van der Waals surface area contributed by atoms with Gasteiger partial charge in [0, 0.05) is 28.3 Å². The van der Waals surface area contributed by atoms with Crippen molar-refractivity contribution < 1.29 is 9.53 Å². The summed E-state index contributed by atoms with van der Waals surface area (Å²) in [5, 5.41) is 7.19. The zero-order valence-electron chi connectivity index (χ0n) is 13.4. The molecule has 2 N–H and O–H groups in total. The molecule has 0 unspecified atom stereocenters. The molecule has 24 heavy (non-hydrogen) atoms. The number of esters is 1. The van der Waals surface area contributed by atoms with Crippen LogP contribution in [0.25, 0.3) is 0 Å². The Morgan fingerprint density at radius 3 is 2.67 bits per heavy atom.